The molecule has 4 nitrogen and oxygen atoms in total. The summed E-state index contributed by atoms with van der Waals surface area (Å²) in [7, 11) is -4.42. The quantitative estimate of drug-likeness (QED) is 0.0576. The summed E-state index contributed by atoms with van der Waals surface area (Å²) in [6.07, 6.45) is 22.9. The molecule has 6 heteroatoms. The molecule has 44 heavy (non-hydrogen) atoms. The van der Waals surface area contributed by atoms with Crippen molar-refractivity contribution >= 4 is 23.1 Å². The summed E-state index contributed by atoms with van der Waals surface area (Å²) < 4.78 is 31.6. The molecule has 250 valence electrons. The Kier molecular flexibility index (Phi) is 18.7. The van der Waals surface area contributed by atoms with Gasteiger partial charge in [-0.25, -0.2) is 8.42 Å². The van der Waals surface area contributed by atoms with Gasteiger partial charge >= 0.3 is 5.97 Å². The number of ether oxygens (including phenoxy) is 1. The molecular formula is C38H64O4PS+. The van der Waals surface area contributed by atoms with Gasteiger partial charge in [0, 0.05) is 13.7 Å². The van der Waals surface area contributed by atoms with Gasteiger partial charge in [0.25, 0.3) is 0 Å². The predicted molar refractivity (Wildman–Crippen MR) is 194 cm³/mol. The van der Waals surface area contributed by atoms with E-state index in [-0.39, 0.29) is 18.1 Å². The Morgan fingerprint density at radius 1 is 0.932 bits per heavy atom. The topological polar surface area (TPSA) is 60.4 Å². The van der Waals surface area contributed by atoms with Crippen LogP contribution in [-0.2, 0) is 19.4 Å². The third kappa shape index (κ3) is 16.0. The fourth-order valence-corrected chi connectivity index (χ4v) is 11.6. The van der Waals surface area contributed by atoms with E-state index in [1.54, 1.807) is 30.3 Å². The maximum atomic E-state index is 12.9. The molecule has 0 amide bonds. The number of allylic oxidation sites excluding steroid dienone is 5. The van der Waals surface area contributed by atoms with Crippen LogP contribution in [0.5, 0.6) is 0 Å². The first-order chi connectivity index (χ1) is 20.7. The summed E-state index contributed by atoms with van der Waals surface area (Å²) in [6, 6.07) is 8.45. The van der Waals surface area contributed by atoms with Crippen LogP contribution in [0.25, 0.3) is 0 Å². The second-order valence-electron chi connectivity index (χ2n) is 13.9. The highest BCUT2D eigenvalue weighted by atomic mass is 32.2. The minimum absolute atomic E-state index is 0.0918. The van der Waals surface area contributed by atoms with Crippen LogP contribution < -0.4 is 0 Å². The van der Waals surface area contributed by atoms with Crippen LogP contribution >= 0.6 is 7.26 Å². The van der Waals surface area contributed by atoms with Gasteiger partial charge in [-0.2, -0.15) is 0 Å². The molecule has 0 N–H and O–H groups in total. The van der Waals surface area contributed by atoms with Crippen LogP contribution in [-0.4, -0.2) is 50.9 Å². The van der Waals surface area contributed by atoms with Gasteiger partial charge in [-0.15, -0.1) is 0 Å². The summed E-state index contributed by atoms with van der Waals surface area (Å²) in [4.78, 5) is 13.0. The Morgan fingerprint density at radius 2 is 1.48 bits per heavy atom. The monoisotopic (exact) mass is 647 g/mol. The standard InChI is InChI=1S/C38H64O4PS/c1-10-13-25-43(26-14-11-2,27-15-12-3)28-23-33(5)31-34(6)30-32(4)21-22-35(42-37(39)38(7,8)9)24-29-44(40,41)36-19-17-16-18-20-36/h16-23,30,34-35H,10-15,24-29,31H2,1-9H3/q+1/b22-21+,32-30-,33-23+/t34-,35-/m1/s1. The Morgan fingerprint density at radius 3 is 1.98 bits per heavy atom. The molecule has 0 radical (unpaired) electrons. The first-order valence-electron chi connectivity index (χ1n) is 17.0. The van der Waals surface area contributed by atoms with Gasteiger partial charge < -0.3 is 4.74 Å². The maximum absolute atomic E-state index is 12.9. The number of carbonyl (C=O) groups is 1. The second-order valence-corrected chi connectivity index (χ2v) is 20.4. The number of benzene rings is 1. The van der Waals surface area contributed by atoms with E-state index >= 15 is 0 Å². The lowest BCUT2D eigenvalue weighted by atomic mass is 9.97. The van der Waals surface area contributed by atoms with Crippen molar-refractivity contribution < 1.29 is 17.9 Å². The normalized spacial score (nSPS) is 15.0. The summed E-state index contributed by atoms with van der Waals surface area (Å²) >= 11 is 0. The van der Waals surface area contributed by atoms with Gasteiger partial charge in [0.2, 0.25) is 0 Å². The van der Waals surface area contributed by atoms with Gasteiger partial charge in [-0.1, -0.05) is 88.5 Å². The molecular weight excluding hydrogens is 583 g/mol. The molecule has 0 bridgehead atoms. The molecule has 1 aromatic carbocycles. The minimum Gasteiger partial charge on any atom is -0.458 e. The van der Waals surface area contributed by atoms with Gasteiger partial charge in [0.15, 0.2) is 9.84 Å². The number of esters is 1. The first-order valence-corrected chi connectivity index (χ1v) is 21.2. The van der Waals surface area contributed by atoms with Crippen LogP contribution in [0.15, 0.2) is 70.7 Å². The first kappa shape index (κ1) is 40.3. The molecule has 0 saturated carbocycles. The lowest BCUT2D eigenvalue weighted by Gasteiger charge is -2.27. The largest absolute Gasteiger partial charge is 0.458 e. The smallest absolute Gasteiger partial charge is 0.311 e. The average Bonchev–Trinajstić information content (AvgIpc) is 2.97. The van der Waals surface area contributed by atoms with Gasteiger partial charge in [-0.05, 0) is 90.5 Å². The molecule has 1 aromatic rings. The summed E-state index contributed by atoms with van der Waals surface area (Å²) in [5.41, 5.74) is 1.89. The number of hydrogen-bond donors (Lipinski definition) is 0. The Labute approximate surface area is 272 Å². The molecule has 0 aromatic heterocycles. The van der Waals surface area contributed by atoms with E-state index in [9.17, 15) is 13.2 Å². The third-order valence-electron chi connectivity index (χ3n) is 8.19. The van der Waals surface area contributed by atoms with Gasteiger partial charge in [0.05, 0.1) is 40.7 Å². The van der Waals surface area contributed by atoms with Crippen molar-refractivity contribution in [3.05, 3.63) is 65.8 Å². The number of carbonyl (C=O) groups excluding carboxylic acids is 1. The van der Waals surface area contributed by atoms with E-state index in [1.165, 1.54) is 68.7 Å². The SMILES string of the molecule is CCCC[P+](C/C=C(\C)C[C@H](C)/C=C(C)\C=C\[C@H](CCS(=O)(=O)c1ccccc1)OC(=O)C(C)(C)C)(CCCC)CCCC. The zero-order chi connectivity index (χ0) is 33.2. The fourth-order valence-electron chi connectivity index (χ4n) is 5.38. The van der Waals surface area contributed by atoms with Crippen molar-refractivity contribution in [1.29, 1.82) is 0 Å². The van der Waals surface area contributed by atoms with Crippen LogP contribution in [0, 0.1) is 11.3 Å². The van der Waals surface area contributed by atoms with E-state index in [0.717, 1.165) is 12.0 Å². The van der Waals surface area contributed by atoms with E-state index < -0.39 is 28.6 Å². The van der Waals surface area contributed by atoms with Crippen LogP contribution in [0.3, 0.4) is 0 Å². The second kappa shape index (κ2) is 20.4. The van der Waals surface area contributed by atoms with E-state index in [0.29, 0.717) is 10.8 Å². The highest BCUT2D eigenvalue weighted by Gasteiger charge is 2.34. The van der Waals surface area contributed by atoms with E-state index in [4.69, 9.17) is 4.74 Å². The predicted octanol–water partition coefficient (Wildman–Crippen LogP) is 10.7. The van der Waals surface area contributed by atoms with E-state index in [2.05, 4.69) is 53.7 Å². The van der Waals surface area contributed by atoms with Crippen LogP contribution in [0.1, 0.15) is 114 Å². The lowest BCUT2D eigenvalue weighted by molar-refractivity contribution is -0.156. The molecule has 1 rings (SSSR count). The minimum atomic E-state index is -3.47. The molecule has 2 atom stereocenters. The summed E-state index contributed by atoms with van der Waals surface area (Å²) in [5, 5.41) is 0. The van der Waals surface area contributed by atoms with Crippen molar-refractivity contribution in [2.45, 2.75) is 125 Å². The molecule has 0 unspecified atom stereocenters. The van der Waals surface area contributed by atoms with Crippen LogP contribution in [0.2, 0.25) is 0 Å². The van der Waals surface area contributed by atoms with Crippen LogP contribution in [0.4, 0.5) is 0 Å². The van der Waals surface area contributed by atoms with Crippen molar-refractivity contribution in [2.75, 3.05) is 30.4 Å². The molecule has 0 aliphatic rings. The zero-order valence-electron chi connectivity index (χ0n) is 29.5. The molecule has 0 spiro atoms. The third-order valence-corrected chi connectivity index (χ3v) is 14.7. The van der Waals surface area contributed by atoms with Crippen molar-refractivity contribution in [3.63, 3.8) is 0 Å². The number of rotatable bonds is 21. The lowest BCUT2D eigenvalue weighted by Crippen LogP contribution is -2.28. The Bertz CT molecular complexity index is 1140. The van der Waals surface area contributed by atoms with Gasteiger partial charge in [-0.3, -0.25) is 4.79 Å². The van der Waals surface area contributed by atoms with Crippen molar-refractivity contribution in [1.82, 2.24) is 0 Å². The number of unbranched alkanes of at least 4 members (excludes halogenated alkanes) is 3. The molecule has 0 heterocycles. The molecule has 0 aliphatic carbocycles. The van der Waals surface area contributed by atoms with Gasteiger partial charge in [0.1, 0.15) is 6.10 Å². The maximum Gasteiger partial charge on any atom is 0.311 e. The highest BCUT2D eigenvalue weighted by Crippen LogP contribution is 2.61. The Balaban J connectivity index is 2.99. The average molecular weight is 648 g/mol. The summed E-state index contributed by atoms with van der Waals surface area (Å²) in [6.45, 7) is 19.0. The zero-order valence-corrected chi connectivity index (χ0v) is 31.2. The molecule has 0 aliphatic heterocycles. The summed E-state index contributed by atoms with van der Waals surface area (Å²) in [5.74, 6) is -0.0544. The van der Waals surface area contributed by atoms with Crippen molar-refractivity contribution in [3.8, 4) is 0 Å². The number of sulfone groups is 1. The molecule has 0 saturated heterocycles. The highest BCUT2D eigenvalue weighted by molar-refractivity contribution is 7.91. The molecule has 0 fully saturated rings. The fraction of sp³-hybridized carbons (Fsp3) is 0.658. The Hall–Kier alpha value is -1.71. The van der Waals surface area contributed by atoms with Crippen molar-refractivity contribution in [2.24, 2.45) is 11.3 Å². The number of hydrogen-bond acceptors (Lipinski definition) is 4. The van der Waals surface area contributed by atoms with E-state index in [1.807, 2.05) is 32.9 Å².